The van der Waals surface area contributed by atoms with E-state index in [9.17, 15) is 0 Å². The normalized spacial score (nSPS) is 16.0. The lowest BCUT2D eigenvalue weighted by Gasteiger charge is -2.01. The predicted molar refractivity (Wildman–Crippen MR) is 72.3 cm³/mol. The van der Waals surface area contributed by atoms with E-state index in [2.05, 4.69) is 45.9 Å². The highest BCUT2D eigenvalue weighted by Crippen LogP contribution is 2.28. The van der Waals surface area contributed by atoms with Gasteiger partial charge in [0.05, 0.1) is 0 Å². The van der Waals surface area contributed by atoms with Crippen molar-refractivity contribution in [3.05, 3.63) is 29.3 Å². The third kappa shape index (κ3) is 4.69. The van der Waals surface area contributed by atoms with Gasteiger partial charge in [-0.3, -0.25) is 0 Å². The molecule has 0 spiro atoms. The van der Waals surface area contributed by atoms with E-state index in [4.69, 9.17) is 4.74 Å². The van der Waals surface area contributed by atoms with Gasteiger partial charge in [0.25, 0.3) is 0 Å². The van der Waals surface area contributed by atoms with Crippen LogP contribution in [-0.4, -0.2) is 6.10 Å². The molecule has 0 saturated carbocycles. The number of hydrogen-bond donors (Lipinski definition) is 0. The molecule has 0 fully saturated rings. The van der Waals surface area contributed by atoms with Gasteiger partial charge in [0.2, 0.25) is 0 Å². The summed E-state index contributed by atoms with van der Waals surface area (Å²) in [6.45, 7) is 12.5. The van der Waals surface area contributed by atoms with Crippen molar-refractivity contribution in [3.63, 3.8) is 0 Å². The van der Waals surface area contributed by atoms with Crippen LogP contribution in [-0.2, 0) is 6.42 Å². The van der Waals surface area contributed by atoms with Gasteiger partial charge in [0.1, 0.15) is 11.9 Å². The van der Waals surface area contributed by atoms with Crippen molar-refractivity contribution < 1.29 is 4.74 Å². The summed E-state index contributed by atoms with van der Waals surface area (Å²) in [7, 11) is 0. The van der Waals surface area contributed by atoms with Gasteiger partial charge in [-0.1, -0.05) is 51.8 Å². The van der Waals surface area contributed by atoms with Crippen LogP contribution in [0.1, 0.15) is 52.2 Å². The van der Waals surface area contributed by atoms with Gasteiger partial charge >= 0.3 is 0 Å². The molecular formula is C15H26O. The number of fused-ring (bicyclic) bond motifs is 1. The minimum absolute atomic E-state index is 0.367. The van der Waals surface area contributed by atoms with Gasteiger partial charge in [-0.05, 0) is 25.5 Å². The van der Waals surface area contributed by atoms with Crippen LogP contribution >= 0.6 is 0 Å². The molecule has 0 amide bonds. The summed E-state index contributed by atoms with van der Waals surface area (Å²) >= 11 is 0. The quantitative estimate of drug-likeness (QED) is 0.615. The topological polar surface area (TPSA) is 9.23 Å². The van der Waals surface area contributed by atoms with Crippen LogP contribution in [0.25, 0.3) is 0 Å². The van der Waals surface area contributed by atoms with E-state index < -0.39 is 0 Å². The van der Waals surface area contributed by atoms with Gasteiger partial charge < -0.3 is 4.74 Å². The molecule has 0 aliphatic carbocycles. The first-order valence-electron chi connectivity index (χ1n) is 6.43. The van der Waals surface area contributed by atoms with E-state index in [1.165, 1.54) is 17.5 Å². The van der Waals surface area contributed by atoms with Crippen molar-refractivity contribution in [1.82, 2.24) is 0 Å². The van der Waals surface area contributed by atoms with E-state index in [0.717, 1.165) is 12.2 Å². The fraction of sp³-hybridized carbons (Fsp3) is 0.600. The summed E-state index contributed by atoms with van der Waals surface area (Å²) in [4.78, 5) is 0. The van der Waals surface area contributed by atoms with Crippen molar-refractivity contribution in [3.8, 4) is 5.75 Å². The molecule has 0 radical (unpaired) electrons. The lowest BCUT2D eigenvalue weighted by Crippen LogP contribution is -2.05. The second-order valence-corrected chi connectivity index (χ2v) is 3.95. The second-order valence-electron chi connectivity index (χ2n) is 3.95. The highest BCUT2D eigenvalue weighted by atomic mass is 16.5. The maximum Gasteiger partial charge on any atom is 0.123 e. The van der Waals surface area contributed by atoms with Crippen LogP contribution in [0, 0.1) is 6.92 Å². The lowest BCUT2D eigenvalue weighted by molar-refractivity contribution is 0.254. The zero-order valence-corrected chi connectivity index (χ0v) is 11.6. The van der Waals surface area contributed by atoms with E-state index in [1.807, 2.05) is 13.8 Å². The Bertz CT molecular complexity index is 291. The predicted octanol–water partition coefficient (Wildman–Crippen LogP) is 4.76. The number of aryl methyl sites for hydroxylation is 1. The first kappa shape index (κ1) is 15.0. The third-order valence-electron chi connectivity index (χ3n) is 2.05. The number of ether oxygens (including phenoxy) is 1. The fourth-order valence-electron chi connectivity index (χ4n) is 1.55. The van der Waals surface area contributed by atoms with Crippen molar-refractivity contribution in [2.24, 2.45) is 0 Å². The van der Waals surface area contributed by atoms with Crippen LogP contribution in [0.15, 0.2) is 18.2 Å². The molecule has 0 N–H and O–H groups in total. The third-order valence-corrected chi connectivity index (χ3v) is 2.05. The van der Waals surface area contributed by atoms with Crippen molar-refractivity contribution >= 4 is 0 Å². The molecular weight excluding hydrogens is 196 g/mol. The van der Waals surface area contributed by atoms with E-state index in [1.54, 1.807) is 0 Å². The standard InChI is InChI=1S/C10H12O.C3H8.C2H6/c1-7-3-4-10-9(5-7)6-8(2)11-10;1-3-2;1-2/h3-5,8H,6H2,1-2H3;3H2,1-2H3;1-2H3. The number of hydrogen-bond acceptors (Lipinski definition) is 1. The Hall–Kier alpha value is -0.980. The van der Waals surface area contributed by atoms with Gasteiger partial charge in [-0.15, -0.1) is 0 Å². The average molecular weight is 222 g/mol. The van der Waals surface area contributed by atoms with Gasteiger partial charge in [0.15, 0.2) is 0 Å². The summed E-state index contributed by atoms with van der Waals surface area (Å²) in [5.74, 6) is 1.07. The van der Waals surface area contributed by atoms with Crippen LogP contribution in [0.3, 0.4) is 0 Å². The summed E-state index contributed by atoms with van der Waals surface area (Å²) in [6.07, 6.45) is 2.68. The fourth-order valence-corrected chi connectivity index (χ4v) is 1.55. The molecule has 1 aromatic carbocycles. The molecule has 1 aromatic rings. The van der Waals surface area contributed by atoms with Gasteiger partial charge in [-0.25, -0.2) is 0 Å². The maximum absolute atomic E-state index is 5.56. The summed E-state index contributed by atoms with van der Waals surface area (Å²) < 4.78 is 5.56. The van der Waals surface area contributed by atoms with Gasteiger partial charge in [0, 0.05) is 6.42 Å². The Balaban J connectivity index is 0.000000394. The Kier molecular flexibility index (Phi) is 7.70. The molecule has 1 nitrogen and oxygen atoms in total. The molecule has 0 saturated heterocycles. The first-order chi connectivity index (χ1) is 7.67. The Morgan fingerprint density at radius 2 is 1.81 bits per heavy atom. The highest BCUT2D eigenvalue weighted by molar-refractivity contribution is 5.40. The zero-order chi connectivity index (χ0) is 12.6. The molecule has 1 heterocycles. The van der Waals surface area contributed by atoms with E-state index in [0.29, 0.717) is 6.10 Å². The molecule has 1 unspecified atom stereocenters. The Labute approximate surface area is 101 Å². The Morgan fingerprint density at radius 1 is 1.25 bits per heavy atom. The molecule has 1 aliphatic rings. The van der Waals surface area contributed by atoms with Crippen molar-refractivity contribution in [2.75, 3.05) is 0 Å². The van der Waals surface area contributed by atoms with Crippen LogP contribution < -0.4 is 4.74 Å². The molecule has 92 valence electrons. The van der Waals surface area contributed by atoms with Crippen LogP contribution in [0.4, 0.5) is 0 Å². The van der Waals surface area contributed by atoms with Crippen LogP contribution in [0.5, 0.6) is 5.75 Å². The van der Waals surface area contributed by atoms with E-state index in [-0.39, 0.29) is 0 Å². The molecule has 2 rings (SSSR count). The minimum Gasteiger partial charge on any atom is -0.490 e. The highest BCUT2D eigenvalue weighted by Gasteiger charge is 2.17. The summed E-state index contributed by atoms with van der Waals surface area (Å²) in [6, 6.07) is 6.36. The van der Waals surface area contributed by atoms with Crippen molar-refractivity contribution in [1.29, 1.82) is 0 Å². The monoisotopic (exact) mass is 222 g/mol. The summed E-state index contributed by atoms with van der Waals surface area (Å²) in [5, 5.41) is 0. The molecule has 1 atom stereocenters. The first-order valence-corrected chi connectivity index (χ1v) is 6.43. The zero-order valence-electron chi connectivity index (χ0n) is 11.6. The number of rotatable bonds is 0. The number of benzene rings is 1. The Morgan fingerprint density at radius 3 is 2.38 bits per heavy atom. The van der Waals surface area contributed by atoms with Crippen molar-refractivity contribution in [2.45, 2.75) is 60.5 Å². The molecule has 1 heteroatoms. The summed E-state index contributed by atoms with van der Waals surface area (Å²) in [5.41, 5.74) is 2.68. The van der Waals surface area contributed by atoms with Gasteiger partial charge in [-0.2, -0.15) is 0 Å². The van der Waals surface area contributed by atoms with Crippen LogP contribution in [0.2, 0.25) is 0 Å². The maximum atomic E-state index is 5.56. The molecule has 0 bridgehead atoms. The van der Waals surface area contributed by atoms with E-state index >= 15 is 0 Å². The largest absolute Gasteiger partial charge is 0.490 e. The second kappa shape index (κ2) is 8.20. The molecule has 16 heavy (non-hydrogen) atoms. The molecule has 0 aromatic heterocycles. The smallest absolute Gasteiger partial charge is 0.123 e. The minimum atomic E-state index is 0.367. The molecule has 1 aliphatic heterocycles. The SMILES string of the molecule is CC.CCC.Cc1ccc2c(c1)CC(C)O2. The lowest BCUT2D eigenvalue weighted by atomic mass is 10.1. The average Bonchev–Trinajstić information content (AvgIpc) is 2.61.